The number of aryl methyl sites for hydroxylation is 1. The molecule has 0 fully saturated rings. The third-order valence-corrected chi connectivity index (χ3v) is 9.99. The summed E-state index contributed by atoms with van der Waals surface area (Å²) in [5.74, 6) is -5.18. The minimum Gasteiger partial charge on any atom is -0.480 e. The predicted octanol–water partition coefficient (Wildman–Crippen LogP) is 3.87. The van der Waals surface area contributed by atoms with Crippen LogP contribution in [-0.2, 0) is 48.0 Å². The molecule has 59 heavy (non-hydrogen) atoms. The number of carboxylic acids is 1. The molecule has 0 saturated carbocycles. The van der Waals surface area contributed by atoms with Gasteiger partial charge in [0.2, 0.25) is 23.6 Å². The maximum atomic E-state index is 14.4. The van der Waals surface area contributed by atoms with E-state index in [9.17, 15) is 39.0 Å². The summed E-state index contributed by atoms with van der Waals surface area (Å²) < 4.78 is 0. The van der Waals surface area contributed by atoms with Crippen molar-refractivity contribution < 1.29 is 39.0 Å². The monoisotopic (exact) mass is 795 g/mol. The van der Waals surface area contributed by atoms with E-state index in [1.54, 1.807) is 84.9 Å². The number of hydrogen-bond acceptors (Lipinski definition) is 7. The van der Waals surface area contributed by atoms with E-state index in [1.165, 1.54) is 0 Å². The summed E-state index contributed by atoms with van der Waals surface area (Å²) in [7, 11) is 0. The van der Waals surface area contributed by atoms with Crippen molar-refractivity contribution in [2.75, 3.05) is 5.32 Å². The van der Waals surface area contributed by atoms with Gasteiger partial charge in [-0.3, -0.25) is 24.0 Å². The fourth-order valence-corrected chi connectivity index (χ4v) is 6.75. The predicted molar refractivity (Wildman–Crippen MR) is 220 cm³/mol. The smallest absolute Gasteiger partial charge is 0.326 e. The molecule has 302 valence electrons. The molecule has 2 aliphatic rings. The molecule has 0 spiro atoms. The molecule has 5 aromatic rings. The molecule has 13 nitrogen and oxygen atoms in total. The summed E-state index contributed by atoms with van der Waals surface area (Å²) in [5.41, 5.74) is 4.67. The fourth-order valence-electron chi connectivity index (χ4n) is 6.75. The van der Waals surface area contributed by atoms with Crippen molar-refractivity contribution in [1.82, 2.24) is 21.3 Å². The highest BCUT2D eigenvalue weighted by atomic mass is 16.4. The van der Waals surface area contributed by atoms with E-state index in [0.717, 1.165) is 11.1 Å². The number of carbonyl (C=O) groups is 6. The lowest BCUT2D eigenvalue weighted by molar-refractivity contribution is -0.142. The largest absolute Gasteiger partial charge is 0.480 e. The zero-order chi connectivity index (χ0) is 41.7. The van der Waals surface area contributed by atoms with Gasteiger partial charge < -0.3 is 36.8 Å². The SMILES string of the molecule is O=C1CC(O)C(=O)Nc2ccc(cc2)CCC(C(=O)O)NC(=O)C(Cc2ccccc2)NC(=O)C(Cc2ccc(-c3ccccc3)cc2)NC(=O)C(c2ccccc2)N1. The Morgan fingerprint density at radius 3 is 1.69 bits per heavy atom. The molecule has 5 aromatic carbocycles. The fraction of sp³-hybridized carbons (Fsp3) is 0.217. The first-order valence-corrected chi connectivity index (χ1v) is 19.3. The van der Waals surface area contributed by atoms with Crippen LogP contribution in [0.3, 0.4) is 0 Å². The van der Waals surface area contributed by atoms with Gasteiger partial charge in [0.05, 0.1) is 6.42 Å². The van der Waals surface area contributed by atoms with Crippen LogP contribution in [0, 0.1) is 0 Å². The molecule has 2 heterocycles. The van der Waals surface area contributed by atoms with Gasteiger partial charge in [-0.25, -0.2) is 4.79 Å². The van der Waals surface area contributed by atoms with Gasteiger partial charge in [-0.15, -0.1) is 0 Å². The zero-order valence-electron chi connectivity index (χ0n) is 32.0. The summed E-state index contributed by atoms with van der Waals surface area (Å²) in [4.78, 5) is 81.4. The van der Waals surface area contributed by atoms with Crippen LogP contribution in [0.5, 0.6) is 0 Å². The first-order chi connectivity index (χ1) is 28.5. The van der Waals surface area contributed by atoms with Crippen molar-refractivity contribution in [3.05, 3.63) is 162 Å². The second-order valence-corrected chi connectivity index (χ2v) is 14.3. The van der Waals surface area contributed by atoms with Crippen LogP contribution in [0.2, 0.25) is 0 Å². The molecule has 0 aromatic heterocycles. The molecule has 13 heteroatoms. The van der Waals surface area contributed by atoms with Gasteiger partial charge in [-0.05, 0) is 58.4 Å². The number of carboxylic acid groups (broad SMARTS) is 1. The Kier molecular flexibility index (Phi) is 14.0. The number of amides is 5. The van der Waals surface area contributed by atoms with E-state index in [-0.39, 0.29) is 25.7 Å². The number of hydrogen-bond donors (Lipinski definition) is 7. The summed E-state index contributed by atoms with van der Waals surface area (Å²) in [5, 5.41) is 34.2. The van der Waals surface area contributed by atoms with Gasteiger partial charge in [0, 0.05) is 18.5 Å². The van der Waals surface area contributed by atoms with Crippen molar-refractivity contribution in [3.63, 3.8) is 0 Å². The molecule has 0 radical (unpaired) electrons. The van der Waals surface area contributed by atoms with Crippen LogP contribution < -0.4 is 26.6 Å². The topological polar surface area (TPSA) is 203 Å². The molecule has 0 saturated heterocycles. The summed E-state index contributed by atoms with van der Waals surface area (Å²) in [6.07, 6.45) is -2.22. The Labute approximate surface area is 341 Å². The first kappa shape index (κ1) is 41.5. The lowest BCUT2D eigenvalue weighted by Crippen LogP contribution is -2.57. The highest BCUT2D eigenvalue weighted by Crippen LogP contribution is 2.21. The number of aliphatic carboxylic acids is 1. The zero-order valence-corrected chi connectivity index (χ0v) is 32.0. The minimum atomic E-state index is -1.77. The van der Waals surface area contributed by atoms with Crippen LogP contribution in [0.15, 0.2) is 140 Å². The van der Waals surface area contributed by atoms with Crippen LogP contribution >= 0.6 is 0 Å². The Morgan fingerprint density at radius 1 is 0.559 bits per heavy atom. The van der Waals surface area contributed by atoms with Crippen molar-refractivity contribution in [2.24, 2.45) is 0 Å². The van der Waals surface area contributed by atoms with Crippen LogP contribution in [0.1, 0.15) is 41.1 Å². The van der Waals surface area contributed by atoms with Gasteiger partial charge in [0.25, 0.3) is 5.91 Å². The van der Waals surface area contributed by atoms with E-state index in [4.69, 9.17) is 0 Å². The Bertz CT molecular complexity index is 2240. The van der Waals surface area contributed by atoms with E-state index in [0.29, 0.717) is 27.9 Å². The average Bonchev–Trinajstić information content (AvgIpc) is 3.25. The summed E-state index contributed by atoms with van der Waals surface area (Å²) >= 11 is 0. The Hall–Kier alpha value is -7.12. The maximum absolute atomic E-state index is 14.4. The van der Waals surface area contributed by atoms with Crippen molar-refractivity contribution >= 4 is 41.2 Å². The summed E-state index contributed by atoms with van der Waals surface area (Å²) in [6.45, 7) is 0. The van der Waals surface area contributed by atoms with E-state index in [2.05, 4.69) is 26.6 Å². The number of carbonyl (C=O) groups excluding carboxylic acids is 5. The molecule has 5 atom stereocenters. The Balaban J connectivity index is 1.36. The number of nitrogens with one attached hydrogen (secondary N) is 5. The quantitative estimate of drug-likeness (QED) is 0.120. The van der Waals surface area contributed by atoms with Crippen LogP contribution in [0.25, 0.3) is 11.1 Å². The number of aliphatic hydroxyl groups excluding tert-OH is 1. The number of fused-ring (bicyclic) bond motifs is 19. The molecule has 2 bridgehead atoms. The number of anilines is 1. The van der Waals surface area contributed by atoms with Gasteiger partial charge in [-0.2, -0.15) is 0 Å². The van der Waals surface area contributed by atoms with Gasteiger partial charge >= 0.3 is 5.97 Å². The van der Waals surface area contributed by atoms with Gasteiger partial charge in [-0.1, -0.05) is 127 Å². The van der Waals surface area contributed by atoms with E-state index < -0.39 is 72.2 Å². The molecular weight excluding hydrogens is 751 g/mol. The third kappa shape index (κ3) is 11.7. The van der Waals surface area contributed by atoms with Gasteiger partial charge in [0.15, 0.2) is 0 Å². The van der Waals surface area contributed by atoms with Crippen LogP contribution in [0.4, 0.5) is 5.69 Å². The molecular formula is C46H45N5O8. The average molecular weight is 796 g/mol. The van der Waals surface area contributed by atoms with Gasteiger partial charge in [0.1, 0.15) is 30.3 Å². The standard InChI is InChI=1S/C46H45N5O8/c52-39-28-40(53)51-41(34-14-8-3-9-15-34)45(57)50-38(27-31-16-21-33(22-17-31)32-12-6-2-7-13-32)43(55)49-37(26-30-10-4-1-5-11-30)42(54)48-36(46(58)59)25-20-29-18-23-35(24-19-29)47-44(39)56/h1-19,21-24,36-39,41,52H,20,25-28H2,(H,47,56)(H,48,54)(H,49,55)(H,50,57)(H,51,53)(H,58,59). The first-order valence-electron chi connectivity index (χ1n) is 19.3. The minimum absolute atomic E-state index is 0.00510. The highest BCUT2D eigenvalue weighted by molar-refractivity contribution is 5.98. The number of rotatable bonds is 7. The molecule has 7 N–H and O–H groups in total. The molecule has 5 amide bonds. The number of aliphatic hydroxyl groups is 1. The van der Waals surface area contributed by atoms with Crippen molar-refractivity contribution in [3.8, 4) is 11.1 Å². The molecule has 7 rings (SSSR count). The van der Waals surface area contributed by atoms with Crippen molar-refractivity contribution in [2.45, 2.75) is 62.4 Å². The molecule has 5 unspecified atom stereocenters. The Morgan fingerprint density at radius 2 is 1.08 bits per heavy atom. The molecule has 0 aliphatic carbocycles. The van der Waals surface area contributed by atoms with E-state index >= 15 is 0 Å². The van der Waals surface area contributed by atoms with E-state index in [1.807, 2.05) is 54.6 Å². The maximum Gasteiger partial charge on any atom is 0.326 e. The second kappa shape index (κ2) is 19.8. The highest BCUT2D eigenvalue weighted by Gasteiger charge is 2.33. The lowest BCUT2D eigenvalue weighted by atomic mass is 9.98. The lowest BCUT2D eigenvalue weighted by Gasteiger charge is -2.27. The van der Waals surface area contributed by atoms with Crippen molar-refractivity contribution in [1.29, 1.82) is 0 Å². The number of benzene rings is 5. The van der Waals surface area contributed by atoms with Crippen LogP contribution in [-0.4, -0.2) is 69.9 Å². The molecule has 2 aliphatic heterocycles. The normalized spacial score (nSPS) is 21.0. The summed E-state index contributed by atoms with van der Waals surface area (Å²) in [6, 6.07) is 35.5. The second-order valence-electron chi connectivity index (χ2n) is 14.3. The third-order valence-electron chi connectivity index (χ3n) is 9.99.